The Kier molecular flexibility index (Phi) is 2.90. The van der Waals surface area contributed by atoms with Gasteiger partial charge < -0.3 is 4.98 Å². The normalized spacial score (nSPS) is 10.7. The van der Waals surface area contributed by atoms with Gasteiger partial charge in [-0.1, -0.05) is 6.07 Å². The van der Waals surface area contributed by atoms with E-state index in [1.807, 2.05) is 24.4 Å². The van der Waals surface area contributed by atoms with Crippen LogP contribution in [0.2, 0.25) is 0 Å². The lowest BCUT2D eigenvalue weighted by Gasteiger charge is -1.97. The largest absolute Gasteiger partial charge is 0.361 e. The maximum Gasteiger partial charge on any atom is 0.207 e. The topological polar surface area (TPSA) is 58.9 Å². The molecule has 0 atom stereocenters. The van der Waals surface area contributed by atoms with Gasteiger partial charge in [-0.05, 0) is 40.3 Å². The number of nitro groups is 1. The monoisotopic (exact) mass is 316 g/mol. The molecule has 2 aromatic rings. The van der Waals surface area contributed by atoms with Crippen LogP contribution in [0.15, 0.2) is 24.4 Å². The van der Waals surface area contributed by atoms with Gasteiger partial charge in [0.05, 0.1) is 0 Å². The van der Waals surface area contributed by atoms with E-state index >= 15 is 0 Å². The molecule has 0 unspecified atom stereocenters. The van der Waals surface area contributed by atoms with E-state index in [9.17, 15) is 10.1 Å². The number of hydrogen-bond acceptors (Lipinski definition) is 2. The van der Waals surface area contributed by atoms with Crippen molar-refractivity contribution in [2.24, 2.45) is 0 Å². The third kappa shape index (κ3) is 2.11. The molecule has 0 amide bonds. The highest BCUT2D eigenvalue weighted by Gasteiger charge is 2.08. The van der Waals surface area contributed by atoms with Crippen LogP contribution in [-0.4, -0.2) is 16.5 Å². The number of nitrogens with zero attached hydrogens (tertiary/aromatic N) is 1. The second-order valence-electron chi connectivity index (χ2n) is 3.28. The lowest BCUT2D eigenvalue weighted by molar-refractivity contribution is -0.479. The molecule has 2 rings (SSSR count). The Bertz CT molecular complexity index is 507. The lowest BCUT2D eigenvalue weighted by atomic mass is 10.1. The lowest BCUT2D eigenvalue weighted by Crippen LogP contribution is -2.03. The van der Waals surface area contributed by atoms with E-state index in [0.29, 0.717) is 6.42 Å². The molecule has 1 aromatic carbocycles. The number of halogens is 1. The SMILES string of the molecule is O=[N+]([O-])CCc1c[nH]c2cccc(I)c12. The van der Waals surface area contributed by atoms with Gasteiger partial charge in [0.2, 0.25) is 6.54 Å². The highest BCUT2D eigenvalue weighted by molar-refractivity contribution is 14.1. The first-order chi connectivity index (χ1) is 7.18. The van der Waals surface area contributed by atoms with Crippen molar-refractivity contribution in [3.8, 4) is 0 Å². The van der Waals surface area contributed by atoms with Crippen LogP contribution in [0.1, 0.15) is 5.56 Å². The van der Waals surface area contributed by atoms with Gasteiger partial charge in [-0.15, -0.1) is 0 Å². The van der Waals surface area contributed by atoms with Gasteiger partial charge in [0.1, 0.15) is 0 Å². The molecule has 0 spiro atoms. The van der Waals surface area contributed by atoms with Gasteiger partial charge in [0.25, 0.3) is 0 Å². The Labute approximate surface area is 100.0 Å². The van der Waals surface area contributed by atoms with Crippen LogP contribution < -0.4 is 0 Å². The van der Waals surface area contributed by atoms with E-state index in [-0.39, 0.29) is 11.5 Å². The van der Waals surface area contributed by atoms with Crippen LogP contribution >= 0.6 is 22.6 Å². The van der Waals surface area contributed by atoms with Crippen molar-refractivity contribution in [1.29, 1.82) is 0 Å². The number of rotatable bonds is 3. The van der Waals surface area contributed by atoms with Crippen LogP contribution in [0, 0.1) is 13.7 Å². The number of fused-ring (bicyclic) bond motifs is 1. The van der Waals surface area contributed by atoms with Gasteiger partial charge in [-0.2, -0.15) is 0 Å². The molecule has 0 fully saturated rings. The summed E-state index contributed by atoms with van der Waals surface area (Å²) in [5.41, 5.74) is 2.06. The van der Waals surface area contributed by atoms with Gasteiger partial charge in [-0.25, -0.2) is 0 Å². The fourth-order valence-corrected chi connectivity index (χ4v) is 2.46. The molecule has 1 heterocycles. The first-order valence-electron chi connectivity index (χ1n) is 4.55. The molecular formula is C10H9IN2O2. The number of H-pyrrole nitrogens is 1. The predicted molar refractivity (Wildman–Crippen MR) is 66.6 cm³/mol. The quantitative estimate of drug-likeness (QED) is 0.537. The highest BCUT2D eigenvalue weighted by atomic mass is 127. The number of aromatic nitrogens is 1. The van der Waals surface area contributed by atoms with Crippen LogP contribution in [0.4, 0.5) is 0 Å². The third-order valence-corrected chi connectivity index (χ3v) is 3.20. The molecule has 15 heavy (non-hydrogen) atoms. The zero-order chi connectivity index (χ0) is 10.8. The predicted octanol–water partition coefficient (Wildman–Crippen LogP) is 2.59. The molecule has 1 N–H and O–H groups in total. The van der Waals surface area contributed by atoms with E-state index in [2.05, 4.69) is 27.6 Å². The molecule has 78 valence electrons. The van der Waals surface area contributed by atoms with Crippen LogP contribution in [-0.2, 0) is 6.42 Å². The smallest absolute Gasteiger partial charge is 0.207 e. The summed E-state index contributed by atoms with van der Waals surface area (Å²) in [4.78, 5) is 13.2. The first-order valence-corrected chi connectivity index (χ1v) is 5.62. The van der Waals surface area contributed by atoms with Crippen molar-refractivity contribution in [3.63, 3.8) is 0 Å². The second kappa shape index (κ2) is 4.18. The van der Waals surface area contributed by atoms with Crippen molar-refractivity contribution in [1.82, 2.24) is 4.98 Å². The van der Waals surface area contributed by atoms with Crippen LogP contribution in [0.3, 0.4) is 0 Å². The summed E-state index contributed by atoms with van der Waals surface area (Å²) in [5, 5.41) is 11.4. The Morgan fingerprint density at radius 3 is 3.00 bits per heavy atom. The second-order valence-corrected chi connectivity index (χ2v) is 4.44. The zero-order valence-corrected chi connectivity index (χ0v) is 10.0. The maximum absolute atomic E-state index is 10.3. The minimum atomic E-state index is -0.283. The molecule has 0 saturated heterocycles. The Morgan fingerprint density at radius 1 is 1.47 bits per heavy atom. The summed E-state index contributed by atoms with van der Waals surface area (Å²) >= 11 is 2.25. The van der Waals surface area contributed by atoms with Crippen molar-refractivity contribution in [2.45, 2.75) is 6.42 Å². The Morgan fingerprint density at radius 2 is 2.27 bits per heavy atom. The number of benzene rings is 1. The standard InChI is InChI=1S/C10H9IN2O2/c11-8-2-1-3-9-10(8)7(6-12-9)4-5-13(14)15/h1-3,6,12H,4-5H2. The summed E-state index contributed by atoms with van der Waals surface area (Å²) < 4.78 is 1.13. The zero-order valence-electron chi connectivity index (χ0n) is 7.87. The molecule has 0 aliphatic heterocycles. The van der Waals surface area contributed by atoms with E-state index in [0.717, 1.165) is 20.0 Å². The van der Waals surface area contributed by atoms with E-state index in [4.69, 9.17) is 0 Å². The average molecular weight is 316 g/mol. The van der Waals surface area contributed by atoms with Gasteiger partial charge in [-0.3, -0.25) is 10.1 Å². The molecule has 0 radical (unpaired) electrons. The van der Waals surface area contributed by atoms with E-state index in [1.54, 1.807) is 0 Å². The van der Waals surface area contributed by atoms with Crippen LogP contribution in [0.5, 0.6) is 0 Å². The van der Waals surface area contributed by atoms with Crippen molar-refractivity contribution >= 4 is 33.5 Å². The Hall–Kier alpha value is -1.11. The minimum absolute atomic E-state index is 0.0159. The number of nitrogens with one attached hydrogen (secondary N) is 1. The molecule has 5 heteroatoms. The summed E-state index contributed by atoms with van der Waals surface area (Å²) in [6, 6.07) is 5.96. The fraction of sp³-hybridized carbons (Fsp3) is 0.200. The average Bonchev–Trinajstić information content (AvgIpc) is 2.59. The third-order valence-electron chi connectivity index (χ3n) is 2.30. The number of hydrogen-bond donors (Lipinski definition) is 1. The van der Waals surface area contributed by atoms with Gasteiger partial charge >= 0.3 is 0 Å². The molecule has 0 aliphatic carbocycles. The molecule has 0 saturated carbocycles. The molecular weight excluding hydrogens is 307 g/mol. The first kappa shape index (κ1) is 10.4. The fourth-order valence-electron chi connectivity index (χ4n) is 1.62. The molecule has 0 bridgehead atoms. The van der Waals surface area contributed by atoms with E-state index < -0.39 is 0 Å². The van der Waals surface area contributed by atoms with Crippen LogP contribution in [0.25, 0.3) is 10.9 Å². The maximum atomic E-state index is 10.3. The minimum Gasteiger partial charge on any atom is -0.361 e. The highest BCUT2D eigenvalue weighted by Crippen LogP contribution is 2.24. The van der Waals surface area contributed by atoms with Gasteiger partial charge in [0.15, 0.2) is 0 Å². The molecule has 1 aromatic heterocycles. The van der Waals surface area contributed by atoms with Gasteiger partial charge in [0, 0.05) is 32.0 Å². The Balaban J connectivity index is 2.39. The van der Waals surface area contributed by atoms with Crippen molar-refractivity contribution in [2.75, 3.05) is 6.54 Å². The molecule has 0 aliphatic rings. The van der Waals surface area contributed by atoms with Crippen molar-refractivity contribution < 1.29 is 4.92 Å². The summed E-state index contributed by atoms with van der Waals surface area (Å²) in [6.07, 6.45) is 2.34. The number of aromatic amines is 1. The summed E-state index contributed by atoms with van der Waals surface area (Å²) in [5.74, 6) is 0. The van der Waals surface area contributed by atoms with Crippen molar-refractivity contribution in [3.05, 3.63) is 43.6 Å². The summed E-state index contributed by atoms with van der Waals surface area (Å²) in [7, 11) is 0. The van der Waals surface area contributed by atoms with E-state index in [1.165, 1.54) is 0 Å². The molecule has 4 nitrogen and oxygen atoms in total. The summed E-state index contributed by atoms with van der Waals surface area (Å²) in [6.45, 7) is -0.0159.